The van der Waals surface area contributed by atoms with Crippen LogP contribution in [0.5, 0.6) is 5.88 Å². The molecule has 2 rings (SSSR count). The van der Waals surface area contributed by atoms with Gasteiger partial charge in [0.1, 0.15) is 12.4 Å². The number of hydrogen-bond donors (Lipinski definition) is 2. The molecule has 0 spiro atoms. The quantitative estimate of drug-likeness (QED) is 0.818. The zero-order valence-corrected chi connectivity index (χ0v) is 11.4. The first-order valence-electron chi connectivity index (χ1n) is 6.83. The number of hydrogen-bond acceptors (Lipinski definition) is 4. The molecule has 0 atom stereocenters. The van der Waals surface area contributed by atoms with Gasteiger partial charge in [-0.05, 0) is 18.8 Å². The summed E-state index contributed by atoms with van der Waals surface area (Å²) < 4.78 is 40.1. The number of ether oxygens (including phenoxy) is 1. The lowest BCUT2D eigenvalue weighted by Gasteiger charge is -2.11. The zero-order valence-electron chi connectivity index (χ0n) is 11.4. The lowest BCUT2D eigenvalue weighted by atomic mass is 10.00. The van der Waals surface area contributed by atoms with E-state index in [9.17, 15) is 23.1 Å². The van der Waals surface area contributed by atoms with Crippen LogP contribution < -0.4 is 5.56 Å². The van der Waals surface area contributed by atoms with Crippen LogP contribution >= 0.6 is 0 Å². The minimum absolute atomic E-state index is 0.00380. The number of H-pyrrole nitrogens is 1. The number of aromatic amines is 1. The van der Waals surface area contributed by atoms with Gasteiger partial charge in [-0.25, -0.2) is 0 Å². The van der Waals surface area contributed by atoms with Crippen LogP contribution in [0.25, 0.3) is 0 Å². The van der Waals surface area contributed by atoms with E-state index in [1.807, 2.05) is 0 Å². The second-order valence-electron chi connectivity index (χ2n) is 5.15. The van der Waals surface area contributed by atoms with Crippen molar-refractivity contribution >= 4 is 0 Å². The van der Waals surface area contributed by atoms with Gasteiger partial charge in [0.2, 0.25) is 5.88 Å². The molecule has 0 bridgehead atoms. The minimum atomic E-state index is -4.38. The van der Waals surface area contributed by atoms with Crippen LogP contribution in [0.4, 0.5) is 13.2 Å². The number of nitrogens with zero attached hydrogens (tertiary/aromatic N) is 1. The summed E-state index contributed by atoms with van der Waals surface area (Å²) in [4.78, 5) is 18.3. The Kier molecular flexibility index (Phi) is 4.87. The highest BCUT2D eigenvalue weighted by atomic mass is 19.4. The smallest absolute Gasteiger partial charge is 0.411 e. The Morgan fingerprint density at radius 1 is 1.33 bits per heavy atom. The predicted molar refractivity (Wildman–Crippen MR) is 68.3 cm³/mol. The third-order valence-electron chi connectivity index (χ3n) is 3.50. The Labute approximate surface area is 119 Å². The van der Waals surface area contributed by atoms with Gasteiger partial charge in [0.15, 0.2) is 0 Å². The number of aromatic hydroxyl groups is 1. The van der Waals surface area contributed by atoms with Crippen molar-refractivity contribution in [3.63, 3.8) is 0 Å². The lowest BCUT2D eigenvalue weighted by molar-refractivity contribution is -0.173. The van der Waals surface area contributed by atoms with E-state index in [0.29, 0.717) is 0 Å². The fourth-order valence-corrected chi connectivity index (χ4v) is 2.57. The Hall–Kier alpha value is -1.57. The fourth-order valence-electron chi connectivity index (χ4n) is 2.57. The molecular weight excluding hydrogens is 289 g/mol. The first kappa shape index (κ1) is 15.8. The van der Waals surface area contributed by atoms with E-state index < -0.39 is 18.3 Å². The summed E-state index contributed by atoms with van der Waals surface area (Å²) in [6.45, 7) is -1.58. The molecule has 5 nitrogen and oxygen atoms in total. The Morgan fingerprint density at radius 3 is 2.57 bits per heavy atom. The third-order valence-corrected chi connectivity index (χ3v) is 3.50. The molecule has 2 N–H and O–H groups in total. The molecule has 1 saturated carbocycles. The number of rotatable bonds is 5. The molecule has 1 fully saturated rings. The first-order chi connectivity index (χ1) is 9.87. The number of alkyl halides is 3. The van der Waals surface area contributed by atoms with Crippen molar-refractivity contribution in [1.82, 2.24) is 9.97 Å². The molecule has 0 aromatic carbocycles. The summed E-state index contributed by atoms with van der Waals surface area (Å²) in [7, 11) is 0. The molecule has 1 heterocycles. The molecule has 1 aliphatic carbocycles. The average molecular weight is 306 g/mol. The molecule has 0 aliphatic heterocycles. The van der Waals surface area contributed by atoms with Crippen molar-refractivity contribution in [1.29, 1.82) is 0 Å². The molecule has 0 radical (unpaired) electrons. The largest absolute Gasteiger partial charge is 0.493 e. The maximum absolute atomic E-state index is 12.0. The van der Waals surface area contributed by atoms with E-state index in [4.69, 9.17) is 0 Å². The average Bonchev–Trinajstić information content (AvgIpc) is 2.86. The summed E-state index contributed by atoms with van der Waals surface area (Å²) in [5.74, 6) is -0.185. The number of halogens is 3. The molecule has 0 saturated heterocycles. The van der Waals surface area contributed by atoms with Gasteiger partial charge in [0.05, 0.1) is 12.2 Å². The van der Waals surface area contributed by atoms with E-state index in [1.165, 1.54) is 0 Å². The predicted octanol–water partition coefficient (Wildman–Crippen LogP) is 2.25. The normalized spacial score (nSPS) is 16.5. The van der Waals surface area contributed by atoms with Crippen molar-refractivity contribution in [2.45, 2.75) is 44.2 Å². The van der Waals surface area contributed by atoms with Gasteiger partial charge < -0.3 is 14.8 Å². The van der Waals surface area contributed by atoms with Gasteiger partial charge in [-0.15, -0.1) is 0 Å². The van der Waals surface area contributed by atoms with Crippen LogP contribution in [0.3, 0.4) is 0 Å². The van der Waals surface area contributed by atoms with Gasteiger partial charge in [-0.1, -0.05) is 12.8 Å². The monoisotopic (exact) mass is 306 g/mol. The van der Waals surface area contributed by atoms with Crippen molar-refractivity contribution in [2.24, 2.45) is 0 Å². The molecule has 21 heavy (non-hydrogen) atoms. The molecule has 0 amide bonds. The second kappa shape index (κ2) is 6.46. The maximum Gasteiger partial charge on any atom is 0.411 e. The second-order valence-corrected chi connectivity index (χ2v) is 5.15. The van der Waals surface area contributed by atoms with Gasteiger partial charge >= 0.3 is 6.18 Å². The Balaban J connectivity index is 1.98. The van der Waals surface area contributed by atoms with E-state index in [1.54, 1.807) is 0 Å². The van der Waals surface area contributed by atoms with Crippen LogP contribution in [-0.2, 0) is 11.2 Å². The molecular formula is C13H17F3N2O3. The highest BCUT2D eigenvalue weighted by molar-refractivity contribution is 5.27. The topological polar surface area (TPSA) is 75.2 Å². The van der Waals surface area contributed by atoms with Crippen LogP contribution in [0.1, 0.15) is 43.0 Å². The summed E-state index contributed by atoms with van der Waals surface area (Å²) in [5.41, 5.74) is -0.132. The van der Waals surface area contributed by atoms with Crippen LogP contribution in [0.2, 0.25) is 0 Å². The lowest BCUT2D eigenvalue weighted by Crippen LogP contribution is -2.21. The molecule has 0 unspecified atom stereocenters. The summed E-state index contributed by atoms with van der Waals surface area (Å²) in [5, 5.41) is 9.87. The van der Waals surface area contributed by atoms with E-state index in [0.717, 1.165) is 25.7 Å². The summed E-state index contributed by atoms with van der Waals surface area (Å²) in [6.07, 6.45) is -0.676. The van der Waals surface area contributed by atoms with E-state index >= 15 is 0 Å². The van der Waals surface area contributed by atoms with E-state index in [2.05, 4.69) is 14.7 Å². The van der Waals surface area contributed by atoms with Crippen molar-refractivity contribution < 1.29 is 23.0 Å². The first-order valence-corrected chi connectivity index (χ1v) is 6.83. The molecule has 1 aromatic heterocycles. The highest BCUT2D eigenvalue weighted by Crippen LogP contribution is 2.35. The molecule has 118 valence electrons. The van der Waals surface area contributed by atoms with Gasteiger partial charge in [0, 0.05) is 6.42 Å². The summed E-state index contributed by atoms with van der Waals surface area (Å²) >= 11 is 0. The van der Waals surface area contributed by atoms with E-state index in [-0.39, 0.29) is 36.2 Å². The minimum Gasteiger partial charge on any atom is -0.493 e. The molecule has 1 aromatic rings. The summed E-state index contributed by atoms with van der Waals surface area (Å²) in [6, 6.07) is 0. The van der Waals surface area contributed by atoms with Crippen LogP contribution in [-0.4, -0.2) is 34.5 Å². The maximum atomic E-state index is 12.0. The standard InChI is InChI=1S/C13H17F3N2O3/c14-13(15,16)7-21-6-5-9-17-11(19)10(12(20)18-9)8-3-1-2-4-8/h8H,1-7H2,(H2,17,18,19,20). The number of nitrogens with one attached hydrogen (secondary N) is 1. The van der Waals surface area contributed by atoms with Crippen molar-refractivity contribution in [2.75, 3.05) is 13.2 Å². The molecule has 8 heteroatoms. The van der Waals surface area contributed by atoms with Gasteiger partial charge in [-0.2, -0.15) is 18.2 Å². The fraction of sp³-hybridized carbons (Fsp3) is 0.692. The highest BCUT2D eigenvalue weighted by Gasteiger charge is 2.27. The Bertz CT molecular complexity index is 536. The zero-order chi connectivity index (χ0) is 15.5. The van der Waals surface area contributed by atoms with Crippen LogP contribution in [0.15, 0.2) is 4.79 Å². The van der Waals surface area contributed by atoms with Gasteiger partial charge in [-0.3, -0.25) is 4.79 Å². The third kappa shape index (κ3) is 4.45. The van der Waals surface area contributed by atoms with Gasteiger partial charge in [0.25, 0.3) is 5.56 Å². The number of aromatic nitrogens is 2. The van der Waals surface area contributed by atoms with Crippen LogP contribution in [0, 0.1) is 0 Å². The van der Waals surface area contributed by atoms with Crippen molar-refractivity contribution in [3.05, 3.63) is 21.7 Å². The SMILES string of the molecule is O=c1[nH]c(CCOCC(F)(F)F)nc(O)c1C1CCCC1. The van der Waals surface area contributed by atoms with Crippen molar-refractivity contribution in [3.8, 4) is 5.88 Å². The Morgan fingerprint density at radius 2 is 2.00 bits per heavy atom. The molecule has 1 aliphatic rings.